The highest BCUT2D eigenvalue weighted by molar-refractivity contribution is 7.16. The third kappa shape index (κ3) is 2.46. The summed E-state index contributed by atoms with van der Waals surface area (Å²) in [6.07, 6.45) is 3.78. The van der Waals surface area contributed by atoms with Crippen LogP contribution in [0.5, 0.6) is 0 Å². The average Bonchev–Trinajstić information content (AvgIpc) is 2.76. The van der Waals surface area contributed by atoms with E-state index in [9.17, 15) is 4.79 Å². The van der Waals surface area contributed by atoms with E-state index in [-0.39, 0.29) is 6.42 Å². The van der Waals surface area contributed by atoms with Crippen LogP contribution in [0.15, 0.2) is 6.20 Å². The Hall–Kier alpha value is -1.43. The summed E-state index contributed by atoms with van der Waals surface area (Å²) in [5, 5.41) is 14.2. The highest BCUT2D eigenvalue weighted by Gasteiger charge is 2.15. The lowest BCUT2D eigenvalue weighted by molar-refractivity contribution is -0.136. The number of imidazole rings is 1. The van der Waals surface area contributed by atoms with E-state index in [0.29, 0.717) is 11.6 Å². The van der Waals surface area contributed by atoms with Gasteiger partial charge in [-0.1, -0.05) is 25.2 Å². The molecule has 0 aliphatic rings. The van der Waals surface area contributed by atoms with Gasteiger partial charge in [-0.2, -0.15) is 5.10 Å². The van der Waals surface area contributed by atoms with Crippen molar-refractivity contribution in [3.05, 3.63) is 16.9 Å². The van der Waals surface area contributed by atoms with Gasteiger partial charge in [0, 0.05) is 5.92 Å². The highest BCUT2D eigenvalue weighted by Crippen LogP contribution is 2.27. The Labute approximate surface area is 103 Å². The fourth-order valence-electron chi connectivity index (χ4n) is 1.80. The summed E-state index contributed by atoms with van der Waals surface area (Å²) >= 11 is 1.55. The van der Waals surface area contributed by atoms with Gasteiger partial charge in [0.05, 0.1) is 18.3 Å². The van der Waals surface area contributed by atoms with E-state index in [1.54, 1.807) is 22.0 Å². The highest BCUT2D eigenvalue weighted by atomic mass is 32.1. The lowest BCUT2D eigenvalue weighted by Gasteiger charge is -2.05. The van der Waals surface area contributed by atoms with Crippen molar-refractivity contribution in [1.82, 2.24) is 14.6 Å². The predicted molar refractivity (Wildman–Crippen MR) is 65.5 cm³/mol. The maximum absolute atomic E-state index is 10.6. The van der Waals surface area contributed by atoms with Crippen LogP contribution in [0.25, 0.3) is 4.96 Å². The Balaban J connectivity index is 2.27. The van der Waals surface area contributed by atoms with Crippen LogP contribution in [-0.4, -0.2) is 25.7 Å². The van der Waals surface area contributed by atoms with Crippen molar-refractivity contribution in [1.29, 1.82) is 0 Å². The number of aliphatic carboxylic acids is 1. The molecule has 0 aliphatic heterocycles. The molecule has 0 saturated carbocycles. The molecule has 0 atom stereocenters. The van der Waals surface area contributed by atoms with Gasteiger partial charge < -0.3 is 5.11 Å². The van der Waals surface area contributed by atoms with Crippen molar-refractivity contribution in [3.63, 3.8) is 0 Å². The first-order valence-electron chi connectivity index (χ1n) is 5.70. The van der Waals surface area contributed by atoms with E-state index in [4.69, 9.17) is 5.11 Å². The van der Waals surface area contributed by atoms with Gasteiger partial charge in [0.1, 0.15) is 5.01 Å². The minimum atomic E-state index is -0.865. The third-order valence-electron chi connectivity index (χ3n) is 2.78. The third-order valence-corrected chi connectivity index (χ3v) is 3.86. The monoisotopic (exact) mass is 253 g/mol. The van der Waals surface area contributed by atoms with Crippen LogP contribution in [0.4, 0.5) is 0 Å². The molecule has 92 valence electrons. The molecule has 0 aromatic carbocycles. The number of carboxylic acids is 1. The van der Waals surface area contributed by atoms with E-state index in [1.165, 1.54) is 0 Å². The number of hydrogen-bond acceptors (Lipinski definition) is 4. The Morgan fingerprint density at radius 2 is 2.24 bits per heavy atom. The number of nitrogens with zero attached hydrogens (tertiary/aromatic N) is 3. The van der Waals surface area contributed by atoms with Crippen molar-refractivity contribution < 1.29 is 9.90 Å². The molecule has 0 bridgehead atoms. The van der Waals surface area contributed by atoms with Crippen LogP contribution < -0.4 is 0 Å². The zero-order valence-electron chi connectivity index (χ0n) is 9.88. The molecule has 0 fully saturated rings. The van der Waals surface area contributed by atoms with E-state index < -0.39 is 5.97 Å². The fraction of sp³-hybridized carbons (Fsp3) is 0.545. The number of fused-ring (bicyclic) bond motifs is 1. The molecule has 2 aromatic heterocycles. The van der Waals surface area contributed by atoms with Crippen molar-refractivity contribution in [2.24, 2.45) is 0 Å². The predicted octanol–water partition coefficient (Wildman–Crippen LogP) is 2.32. The SMILES string of the molecule is CCC(CC)c1nn2cc(CC(=O)O)nc2s1. The standard InChI is InChI=1S/C11H15N3O2S/c1-3-7(4-2)10-13-14-6-8(5-9(15)16)12-11(14)17-10/h6-7H,3-5H2,1-2H3,(H,15,16). The van der Waals surface area contributed by atoms with Gasteiger partial charge in [0.25, 0.3) is 0 Å². The van der Waals surface area contributed by atoms with Crippen LogP contribution in [0.3, 0.4) is 0 Å². The lowest BCUT2D eigenvalue weighted by Crippen LogP contribution is -2.00. The molecule has 5 nitrogen and oxygen atoms in total. The first kappa shape index (κ1) is 12.0. The second kappa shape index (κ2) is 4.83. The maximum Gasteiger partial charge on any atom is 0.309 e. The number of carboxylic acid groups (broad SMARTS) is 1. The average molecular weight is 253 g/mol. The summed E-state index contributed by atoms with van der Waals surface area (Å²) in [7, 11) is 0. The first-order valence-corrected chi connectivity index (χ1v) is 6.52. The quantitative estimate of drug-likeness (QED) is 0.888. The van der Waals surface area contributed by atoms with E-state index in [2.05, 4.69) is 23.9 Å². The summed E-state index contributed by atoms with van der Waals surface area (Å²) in [6.45, 7) is 4.29. The van der Waals surface area contributed by atoms with E-state index in [1.807, 2.05) is 0 Å². The molecule has 6 heteroatoms. The molecular formula is C11H15N3O2S. The molecule has 17 heavy (non-hydrogen) atoms. The van der Waals surface area contributed by atoms with Crippen LogP contribution >= 0.6 is 11.3 Å². The fourth-order valence-corrected chi connectivity index (χ4v) is 2.97. The second-order valence-corrected chi connectivity index (χ2v) is 4.97. The number of rotatable bonds is 5. The van der Waals surface area contributed by atoms with Crippen molar-refractivity contribution in [2.75, 3.05) is 0 Å². The van der Waals surface area contributed by atoms with Crippen LogP contribution in [0.2, 0.25) is 0 Å². The molecule has 0 amide bonds. The normalized spacial score (nSPS) is 11.5. The zero-order valence-corrected chi connectivity index (χ0v) is 10.7. The van der Waals surface area contributed by atoms with Crippen LogP contribution in [0, 0.1) is 0 Å². The summed E-state index contributed by atoms with van der Waals surface area (Å²) in [6, 6.07) is 0. The molecule has 2 heterocycles. The molecular weight excluding hydrogens is 238 g/mol. The summed E-state index contributed by atoms with van der Waals surface area (Å²) in [5.74, 6) is -0.388. The molecule has 0 radical (unpaired) electrons. The lowest BCUT2D eigenvalue weighted by atomic mass is 10.1. The zero-order chi connectivity index (χ0) is 12.4. The molecule has 0 unspecified atom stereocenters. The van der Waals surface area contributed by atoms with Gasteiger partial charge in [-0.05, 0) is 12.8 Å². The Morgan fingerprint density at radius 1 is 1.53 bits per heavy atom. The van der Waals surface area contributed by atoms with E-state index >= 15 is 0 Å². The summed E-state index contributed by atoms with van der Waals surface area (Å²) in [5.41, 5.74) is 0.562. The van der Waals surface area contributed by atoms with Gasteiger partial charge in [-0.3, -0.25) is 4.79 Å². The van der Waals surface area contributed by atoms with Crippen LogP contribution in [0.1, 0.15) is 43.3 Å². The molecule has 0 spiro atoms. The molecule has 2 rings (SSSR count). The molecule has 0 saturated heterocycles. The van der Waals surface area contributed by atoms with Crippen molar-refractivity contribution >= 4 is 22.3 Å². The summed E-state index contributed by atoms with van der Waals surface area (Å²) < 4.78 is 1.69. The minimum absolute atomic E-state index is 0.0452. The second-order valence-electron chi connectivity index (χ2n) is 3.98. The molecule has 1 N–H and O–H groups in total. The van der Waals surface area contributed by atoms with Gasteiger partial charge in [-0.15, -0.1) is 0 Å². The maximum atomic E-state index is 10.6. The first-order chi connectivity index (χ1) is 8.13. The molecule has 0 aliphatic carbocycles. The van der Waals surface area contributed by atoms with Crippen LogP contribution in [-0.2, 0) is 11.2 Å². The topological polar surface area (TPSA) is 67.5 Å². The van der Waals surface area contributed by atoms with E-state index in [0.717, 1.165) is 22.8 Å². The largest absolute Gasteiger partial charge is 0.481 e. The van der Waals surface area contributed by atoms with Crippen molar-refractivity contribution in [3.8, 4) is 0 Å². The summed E-state index contributed by atoms with van der Waals surface area (Å²) in [4.78, 5) is 15.6. The van der Waals surface area contributed by atoms with Crippen molar-refractivity contribution in [2.45, 2.75) is 39.0 Å². The number of carbonyl (C=O) groups is 1. The van der Waals surface area contributed by atoms with Gasteiger partial charge >= 0.3 is 5.97 Å². The Morgan fingerprint density at radius 3 is 2.76 bits per heavy atom. The molecule has 2 aromatic rings. The van der Waals surface area contributed by atoms with Gasteiger partial charge in [0.15, 0.2) is 0 Å². The number of aromatic nitrogens is 3. The Kier molecular flexibility index (Phi) is 3.42. The minimum Gasteiger partial charge on any atom is -0.481 e. The van der Waals surface area contributed by atoms with Gasteiger partial charge in [0.2, 0.25) is 4.96 Å². The number of hydrogen-bond donors (Lipinski definition) is 1. The van der Waals surface area contributed by atoms with Gasteiger partial charge in [-0.25, -0.2) is 9.50 Å². The smallest absolute Gasteiger partial charge is 0.309 e. The Bertz CT molecular complexity index is 496.